The lowest BCUT2D eigenvalue weighted by Gasteiger charge is -2.25. The van der Waals surface area contributed by atoms with E-state index in [2.05, 4.69) is 15.4 Å². The Bertz CT molecular complexity index is 1610. The van der Waals surface area contributed by atoms with Crippen LogP contribution in [0.15, 0.2) is 48.0 Å². The van der Waals surface area contributed by atoms with Crippen LogP contribution in [0.1, 0.15) is 59.5 Å². The molecule has 1 N–H and O–H groups in total. The number of morpholine rings is 1. The first-order chi connectivity index (χ1) is 19.4. The Morgan fingerprint density at radius 2 is 1.77 bits per heavy atom. The number of methoxy groups -OCH3 is 1. The van der Waals surface area contributed by atoms with Gasteiger partial charge in [0, 0.05) is 35.1 Å². The SMILES string of the molecule is COC(=O)C1=Cc2ccccc2-c2c(C3CCCCC3)c3ccc(C(=O)NS(=O)(=O)N4CCOCC4)cc3n2C1. The van der Waals surface area contributed by atoms with E-state index in [1.54, 1.807) is 12.1 Å². The highest BCUT2D eigenvalue weighted by Gasteiger charge is 2.31. The second-order valence-electron chi connectivity index (χ2n) is 10.6. The molecule has 0 atom stereocenters. The highest BCUT2D eigenvalue weighted by molar-refractivity contribution is 7.87. The summed E-state index contributed by atoms with van der Waals surface area (Å²) in [7, 11) is -2.63. The maximum Gasteiger partial charge on any atom is 0.335 e. The Hall–Kier alpha value is -3.47. The van der Waals surface area contributed by atoms with Gasteiger partial charge in [0.1, 0.15) is 0 Å². The van der Waals surface area contributed by atoms with Gasteiger partial charge in [-0.15, -0.1) is 0 Å². The zero-order chi connectivity index (χ0) is 27.9. The number of amides is 1. The van der Waals surface area contributed by atoms with Gasteiger partial charge in [-0.3, -0.25) is 4.79 Å². The first kappa shape index (κ1) is 26.7. The first-order valence-corrected chi connectivity index (χ1v) is 15.3. The molecule has 9 nitrogen and oxygen atoms in total. The van der Waals surface area contributed by atoms with Crippen LogP contribution in [0.25, 0.3) is 28.2 Å². The van der Waals surface area contributed by atoms with Crippen LogP contribution in [-0.4, -0.2) is 62.6 Å². The van der Waals surface area contributed by atoms with Crippen LogP contribution < -0.4 is 4.72 Å². The molecule has 0 unspecified atom stereocenters. The predicted molar refractivity (Wildman–Crippen MR) is 152 cm³/mol. The van der Waals surface area contributed by atoms with E-state index in [-0.39, 0.29) is 25.2 Å². The van der Waals surface area contributed by atoms with Crippen molar-refractivity contribution < 1.29 is 27.5 Å². The summed E-state index contributed by atoms with van der Waals surface area (Å²) in [6.45, 7) is 1.25. The fourth-order valence-corrected chi connectivity index (χ4v) is 7.41. The molecule has 1 amide bonds. The van der Waals surface area contributed by atoms with Crippen LogP contribution in [-0.2, 0) is 31.0 Å². The molecule has 0 spiro atoms. The number of benzene rings is 2. The van der Waals surface area contributed by atoms with Crippen LogP contribution >= 0.6 is 0 Å². The summed E-state index contributed by atoms with van der Waals surface area (Å²) < 4.78 is 41.7. The smallest absolute Gasteiger partial charge is 0.335 e. The number of hydrogen-bond acceptors (Lipinski definition) is 6. The van der Waals surface area contributed by atoms with E-state index in [1.807, 2.05) is 30.3 Å². The Labute approximate surface area is 233 Å². The van der Waals surface area contributed by atoms with E-state index in [9.17, 15) is 18.0 Å². The summed E-state index contributed by atoms with van der Waals surface area (Å²) in [4.78, 5) is 26.1. The average Bonchev–Trinajstić information content (AvgIpc) is 3.19. The molecule has 1 aliphatic carbocycles. The number of carbonyl (C=O) groups is 2. The standard InChI is InChI=1S/C30H33N3O6S/c1-38-30(35)23-17-21-9-5-6-10-24(21)28-27(20-7-3-2-4-8-20)25-12-11-22(18-26(25)33(28)19-23)29(34)31-40(36,37)32-13-15-39-16-14-32/h5-6,9-12,17-18,20H,2-4,7-8,13-16,19H2,1H3,(H,31,34). The molecule has 6 rings (SSSR count). The largest absolute Gasteiger partial charge is 0.466 e. The summed E-state index contributed by atoms with van der Waals surface area (Å²) in [5.74, 6) is -0.753. The van der Waals surface area contributed by atoms with E-state index >= 15 is 0 Å². The molecule has 3 heterocycles. The van der Waals surface area contributed by atoms with Gasteiger partial charge in [0.2, 0.25) is 0 Å². The van der Waals surface area contributed by atoms with E-state index in [1.165, 1.54) is 23.4 Å². The highest BCUT2D eigenvalue weighted by Crippen LogP contribution is 2.46. The lowest BCUT2D eigenvalue weighted by molar-refractivity contribution is -0.136. The maximum absolute atomic E-state index is 13.3. The van der Waals surface area contributed by atoms with Gasteiger partial charge in [-0.05, 0) is 48.1 Å². The van der Waals surface area contributed by atoms with Crippen LogP contribution in [0.3, 0.4) is 0 Å². The number of nitrogens with one attached hydrogen (secondary N) is 1. The van der Waals surface area contributed by atoms with Gasteiger partial charge < -0.3 is 14.0 Å². The van der Waals surface area contributed by atoms with Crippen molar-refractivity contribution in [2.45, 2.75) is 44.6 Å². The van der Waals surface area contributed by atoms with E-state index in [0.29, 0.717) is 24.7 Å². The summed E-state index contributed by atoms with van der Waals surface area (Å²) in [6.07, 6.45) is 7.57. The van der Waals surface area contributed by atoms with Crippen molar-refractivity contribution in [2.75, 3.05) is 33.4 Å². The number of carbonyl (C=O) groups excluding carboxylic acids is 2. The number of fused-ring (bicyclic) bond motifs is 5. The fourth-order valence-electron chi connectivity index (χ4n) is 6.30. The molecule has 1 saturated heterocycles. The molecule has 3 aliphatic rings. The number of ether oxygens (including phenoxy) is 2. The summed E-state index contributed by atoms with van der Waals surface area (Å²) in [5, 5.41) is 1.02. The zero-order valence-corrected chi connectivity index (χ0v) is 23.3. The molecule has 2 aliphatic heterocycles. The average molecular weight is 564 g/mol. The molecule has 2 fully saturated rings. The van der Waals surface area contributed by atoms with Crippen molar-refractivity contribution in [3.63, 3.8) is 0 Å². The highest BCUT2D eigenvalue weighted by atomic mass is 32.2. The number of hydrogen-bond donors (Lipinski definition) is 1. The number of rotatable bonds is 5. The third-order valence-electron chi connectivity index (χ3n) is 8.23. The van der Waals surface area contributed by atoms with E-state index in [0.717, 1.165) is 53.4 Å². The molecule has 0 bridgehead atoms. The lowest BCUT2D eigenvalue weighted by Crippen LogP contribution is -2.48. The molecule has 3 aromatic rings. The minimum atomic E-state index is -4.01. The monoisotopic (exact) mass is 563 g/mol. The molecule has 210 valence electrons. The fraction of sp³-hybridized carbons (Fsp3) is 0.400. The molecule has 40 heavy (non-hydrogen) atoms. The minimum absolute atomic E-state index is 0.195. The third-order valence-corrected chi connectivity index (χ3v) is 9.72. The number of nitrogens with zero attached hydrogens (tertiary/aromatic N) is 2. The topological polar surface area (TPSA) is 107 Å². The second-order valence-corrected chi connectivity index (χ2v) is 12.3. The lowest BCUT2D eigenvalue weighted by atomic mass is 9.81. The van der Waals surface area contributed by atoms with Gasteiger partial charge in [0.15, 0.2) is 0 Å². The maximum atomic E-state index is 13.3. The van der Waals surface area contributed by atoms with Crippen molar-refractivity contribution in [1.29, 1.82) is 0 Å². The van der Waals surface area contributed by atoms with Crippen LogP contribution in [0.2, 0.25) is 0 Å². The predicted octanol–water partition coefficient (Wildman–Crippen LogP) is 4.23. The van der Waals surface area contributed by atoms with Crippen molar-refractivity contribution in [2.24, 2.45) is 0 Å². The van der Waals surface area contributed by atoms with E-state index < -0.39 is 22.1 Å². The second kappa shape index (κ2) is 10.8. The van der Waals surface area contributed by atoms with Crippen LogP contribution in [0, 0.1) is 0 Å². The molecular formula is C30H33N3O6S. The normalized spacial score (nSPS) is 18.4. The van der Waals surface area contributed by atoms with E-state index in [4.69, 9.17) is 9.47 Å². The molecule has 1 saturated carbocycles. The van der Waals surface area contributed by atoms with Crippen LogP contribution in [0.5, 0.6) is 0 Å². The molecular weight excluding hydrogens is 530 g/mol. The van der Waals surface area contributed by atoms with Gasteiger partial charge in [0.05, 0.1) is 38.1 Å². The number of esters is 1. The van der Waals surface area contributed by atoms with Crippen molar-refractivity contribution in [3.8, 4) is 11.3 Å². The number of aromatic nitrogens is 1. The molecule has 1 aromatic heterocycles. The third kappa shape index (κ3) is 4.84. The van der Waals surface area contributed by atoms with Gasteiger partial charge in [-0.1, -0.05) is 49.6 Å². The summed E-state index contributed by atoms with van der Waals surface area (Å²) in [6, 6.07) is 13.4. The van der Waals surface area contributed by atoms with Gasteiger partial charge >= 0.3 is 16.2 Å². The molecule has 10 heteroatoms. The Kier molecular flexibility index (Phi) is 7.24. The first-order valence-electron chi connectivity index (χ1n) is 13.8. The van der Waals surface area contributed by atoms with Crippen molar-refractivity contribution >= 4 is 39.1 Å². The summed E-state index contributed by atoms with van der Waals surface area (Å²) in [5.41, 5.74) is 5.78. The van der Waals surface area contributed by atoms with Gasteiger partial charge in [-0.2, -0.15) is 12.7 Å². The van der Waals surface area contributed by atoms with Gasteiger partial charge in [0.25, 0.3) is 5.91 Å². The van der Waals surface area contributed by atoms with Crippen molar-refractivity contribution in [3.05, 3.63) is 64.7 Å². The Morgan fingerprint density at radius 3 is 2.52 bits per heavy atom. The Morgan fingerprint density at radius 1 is 1.02 bits per heavy atom. The summed E-state index contributed by atoms with van der Waals surface area (Å²) >= 11 is 0. The zero-order valence-electron chi connectivity index (χ0n) is 22.5. The Balaban J connectivity index is 1.50. The molecule has 0 radical (unpaired) electrons. The van der Waals surface area contributed by atoms with Crippen molar-refractivity contribution in [1.82, 2.24) is 13.6 Å². The molecule has 2 aromatic carbocycles. The minimum Gasteiger partial charge on any atom is -0.466 e. The van der Waals surface area contributed by atoms with Gasteiger partial charge in [-0.25, -0.2) is 9.52 Å². The quantitative estimate of drug-likeness (QED) is 0.466. The van der Waals surface area contributed by atoms with Crippen LogP contribution in [0.4, 0.5) is 0 Å².